The summed E-state index contributed by atoms with van der Waals surface area (Å²) >= 11 is 0. The first-order valence-corrected chi connectivity index (χ1v) is 7.47. The Hall–Kier alpha value is -0.0100. The first-order valence-electron chi connectivity index (χ1n) is 5.44. The van der Waals surface area contributed by atoms with Crippen molar-refractivity contribution in [3.63, 3.8) is 0 Å². The number of ether oxygens (including phenoxy) is 3. The molecule has 0 aromatic heterocycles. The van der Waals surface area contributed by atoms with Crippen LogP contribution in [0.5, 0.6) is 0 Å². The summed E-state index contributed by atoms with van der Waals surface area (Å²) in [5.41, 5.74) is 5.23. The molecular weight excluding hydrogens is 249 g/mol. The summed E-state index contributed by atoms with van der Waals surface area (Å²) in [5, 5.41) is 0. The van der Waals surface area contributed by atoms with E-state index in [2.05, 4.69) is 4.52 Å². The first kappa shape index (κ1) is 17.0. The zero-order valence-corrected chi connectivity index (χ0v) is 11.1. The number of rotatable bonds is 12. The lowest BCUT2D eigenvalue weighted by atomic mass is 10.7. The molecule has 104 valence electrons. The second-order valence-corrected chi connectivity index (χ2v) is 5.13. The molecule has 0 amide bonds. The van der Waals surface area contributed by atoms with Crippen LogP contribution >= 0.6 is 7.60 Å². The molecule has 1 atom stereocenters. The van der Waals surface area contributed by atoms with Gasteiger partial charge in [-0.25, -0.2) is 0 Å². The molecule has 0 aliphatic heterocycles. The van der Waals surface area contributed by atoms with E-state index >= 15 is 0 Å². The van der Waals surface area contributed by atoms with Crippen LogP contribution in [0.3, 0.4) is 0 Å². The van der Waals surface area contributed by atoms with Crippen LogP contribution < -0.4 is 5.73 Å². The zero-order chi connectivity index (χ0) is 13.0. The van der Waals surface area contributed by atoms with Gasteiger partial charge in [-0.05, 0) is 0 Å². The van der Waals surface area contributed by atoms with Gasteiger partial charge in [0, 0.05) is 13.2 Å². The quantitative estimate of drug-likeness (QED) is 0.375. The van der Waals surface area contributed by atoms with E-state index in [1.807, 2.05) is 0 Å². The van der Waals surface area contributed by atoms with E-state index in [9.17, 15) is 4.57 Å². The Bertz CT molecular complexity index is 210. The van der Waals surface area contributed by atoms with Crippen molar-refractivity contribution in [1.82, 2.24) is 0 Å². The minimum Gasteiger partial charge on any atom is -0.378 e. The molecule has 0 radical (unpaired) electrons. The van der Waals surface area contributed by atoms with Gasteiger partial charge in [-0.15, -0.1) is 0 Å². The lowest BCUT2D eigenvalue weighted by molar-refractivity contribution is 0.0101. The average Bonchev–Trinajstić information content (AvgIpc) is 2.24. The van der Waals surface area contributed by atoms with Gasteiger partial charge in [-0.3, -0.25) is 4.57 Å². The highest BCUT2D eigenvalue weighted by atomic mass is 31.2. The van der Waals surface area contributed by atoms with E-state index < -0.39 is 7.60 Å². The second kappa shape index (κ2) is 11.1. The number of nitrogens with two attached hydrogens (primary N) is 1. The van der Waals surface area contributed by atoms with Crippen LogP contribution in [0.25, 0.3) is 0 Å². The summed E-state index contributed by atoms with van der Waals surface area (Å²) in [6.07, 6.45) is 0. The van der Waals surface area contributed by atoms with Crippen molar-refractivity contribution in [2.24, 2.45) is 5.73 Å². The van der Waals surface area contributed by atoms with Crippen LogP contribution in [-0.2, 0) is 23.3 Å². The second-order valence-electron chi connectivity index (χ2n) is 3.26. The third-order valence-corrected chi connectivity index (χ3v) is 2.23. The van der Waals surface area contributed by atoms with Crippen LogP contribution in [-0.4, -0.2) is 64.4 Å². The molecular formula is C9H22NO6P. The van der Waals surface area contributed by atoms with Crippen molar-refractivity contribution in [3.8, 4) is 0 Å². The van der Waals surface area contributed by atoms with Crippen molar-refractivity contribution in [1.29, 1.82) is 0 Å². The lowest BCUT2D eigenvalue weighted by Gasteiger charge is -2.08. The summed E-state index contributed by atoms with van der Waals surface area (Å²) in [5.74, 6) is 0. The van der Waals surface area contributed by atoms with Gasteiger partial charge in [0.15, 0.2) is 0 Å². The molecule has 3 N–H and O–H groups in total. The minimum absolute atomic E-state index is 0.101. The predicted molar refractivity (Wildman–Crippen MR) is 63.2 cm³/mol. The Morgan fingerprint density at radius 1 is 0.941 bits per heavy atom. The zero-order valence-electron chi connectivity index (χ0n) is 10.2. The van der Waals surface area contributed by atoms with E-state index in [0.29, 0.717) is 39.6 Å². The van der Waals surface area contributed by atoms with Gasteiger partial charge in [0.2, 0.25) is 0 Å². The van der Waals surface area contributed by atoms with Crippen molar-refractivity contribution >= 4 is 7.60 Å². The standard InChI is InChI=1S/C9H22NO6P/c1-17(11,12)16-9-8-15-7-6-14-5-4-13-3-2-10/h2-10H2,1H3,(H,11,12). The van der Waals surface area contributed by atoms with Gasteiger partial charge in [-0.1, -0.05) is 0 Å². The summed E-state index contributed by atoms with van der Waals surface area (Å²) < 4.78 is 30.7. The molecule has 0 aliphatic rings. The molecule has 0 aliphatic carbocycles. The summed E-state index contributed by atoms with van der Waals surface area (Å²) in [4.78, 5) is 8.79. The van der Waals surface area contributed by atoms with Gasteiger partial charge < -0.3 is 29.4 Å². The van der Waals surface area contributed by atoms with Gasteiger partial charge in [0.1, 0.15) is 0 Å². The Morgan fingerprint density at radius 2 is 1.35 bits per heavy atom. The maximum absolute atomic E-state index is 10.7. The summed E-state index contributed by atoms with van der Waals surface area (Å²) in [7, 11) is -3.38. The monoisotopic (exact) mass is 271 g/mol. The molecule has 0 spiro atoms. The van der Waals surface area contributed by atoms with Crippen molar-refractivity contribution in [2.75, 3.05) is 59.5 Å². The van der Waals surface area contributed by atoms with E-state index in [1.54, 1.807) is 0 Å². The van der Waals surface area contributed by atoms with Crippen LogP contribution in [0.4, 0.5) is 0 Å². The van der Waals surface area contributed by atoms with Gasteiger partial charge in [0.05, 0.1) is 46.2 Å². The highest BCUT2D eigenvalue weighted by Gasteiger charge is 2.08. The molecule has 0 heterocycles. The SMILES string of the molecule is CP(=O)(O)OCCOCCOCCOCCN. The first-order chi connectivity index (χ1) is 8.06. The van der Waals surface area contributed by atoms with E-state index in [1.165, 1.54) is 0 Å². The van der Waals surface area contributed by atoms with Gasteiger partial charge >= 0.3 is 7.60 Å². The fourth-order valence-electron chi connectivity index (χ4n) is 0.891. The third-order valence-electron chi connectivity index (χ3n) is 1.56. The average molecular weight is 271 g/mol. The molecule has 0 bridgehead atoms. The minimum atomic E-state index is -3.38. The molecule has 0 aromatic rings. The third kappa shape index (κ3) is 16.0. The summed E-state index contributed by atoms with van der Waals surface area (Å²) in [6.45, 7) is 4.44. The molecule has 8 heteroatoms. The maximum atomic E-state index is 10.7. The molecule has 7 nitrogen and oxygen atoms in total. The number of hydrogen-bond donors (Lipinski definition) is 2. The Labute approximate surface area is 102 Å². The van der Waals surface area contributed by atoms with E-state index in [0.717, 1.165) is 6.66 Å². The van der Waals surface area contributed by atoms with Crippen LogP contribution in [0.2, 0.25) is 0 Å². The maximum Gasteiger partial charge on any atom is 0.325 e. The Kier molecular flexibility index (Phi) is 11.1. The fourth-order valence-corrected chi connectivity index (χ4v) is 1.30. The van der Waals surface area contributed by atoms with Crippen LogP contribution in [0.1, 0.15) is 0 Å². The molecule has 0 rings (SSSR count). The number of hydrogen-bond acceptors (Lipinski definition) is 6. The van der Waals surface area contributed by atoms with Crippen LogP contribution in [0, 0.1) is 0 Å². The van der Waals surface area contributed by atoms with Gasteiger partial charge in [-0.2, -0.15) is 0 Å². The predicted octanol–water partition coefficient (Wildman–Crippen LogP) is -0.173. The molecule has 17 heavy (non-hydrogen) atoms. The highest BCUT2D eigenvalue weighted by molar-refractivity contribution is 7.51. The van der Waals surface area contributed by atoms with Crippen molar-refractivity contribution < 1.29 is 28.2 Å². The smallest absolute Gasteiger partial charge is 0.325 e. The van der Waals surface area contributed by atoms with Crippen LogP contribution in [0.15, 0.2) is 0 Å². The summed E-state index contributed by atoms with van der Waals surface area (Å²) in [6, 6.07) is 0. The topological polar surface area (TPSA) is 100 Å². The Morgan fingerprint density at radius 3 is 1.76 bits per heavy atom. The largest absolute Gasteiger partial charge is 0.378 e. The molecule has 0 aromatic carbocycles. The molecule has 0 fully saturated rings. The van der Waals surface area contributed by atoms with E-state index in [4.69, 9.17) is 24.8 Å². The normalized spacial score (nSPS) is 14.8. The highest BCUT2D eigenvalue weighted by Crippen LogP contribution is 2.35. The van der Waals surface area contributed by atoms with Crippen molar-refractivity contribution in [2.45, 2.75) is 0 Å². The lowest BCUT2D eigenvalue weighted by Crippen LogP contribution is -2.14. The molecule has 0 saturated heterocycles. The van der Waals surface area contributed by atoms with Crippen molar-refractivity contribution in [3.05, 3.63) is 0 Å². The van der Waals surface area contributed by atoms with Gasteiger partial charge in [0.25, 0.3) is 0 Å². The van der Waals surface area contributed by atoms with E-state index in [-0.39, 0.29) is 13.2 Å². The Balaban J connectivity index is 3.01. The molecule has 1 unspecified atom stereocenters. The molecule has 0 saturated carbocycles. The fraction of sp³-hybridized carbons (Fsp3) is 1.00.